The van der Waals surface area contributed by atoms with Gasteiger partial charge in [0.15, 0.2) is 0 Å². The zero-order chi connectivity index (χ0) is 27.0. The summed E-state index contributed by atoms with van der Waals surface area (Å²) >= 11 is 0. The number of rotatable bonds is 13. The van der Waals surface area contributed by atoms with E-state index in [-0.39, 0.29) is 17.9 Å². The Morgan fingerprint density at radius 3 is 2.56 bits per heavy atom. The van der Waals surface area contributed by atoms with Gasteiger partial charge in [0.2, 0.25) is 5.91 Å². The van der Waals surface area contributed by atoms with Gasteiger partial charge >= 0.3 is 0 Å². The van der Waals surface area contributed by atoms with Gasteiger partial charge < -0.3 is 15.3 Å². The van der Waals surface area contributed by atoms with E-state index in [1.54, 1.807) is 0 Å². The normalized spacial score (nSPS) is 12.2. The van der Waals surface area contributed by atoms with Crippen molar-refractivity contribution in [1.29, 1.82) is 0 Å². The molecule has 0 saturated heterocycles. The van der Waals surface area contributed by atoms with E-state index in [2.05, 4.69) is 45.9 Å². The summed E-state index contributed by atoms with van der Waals surface area (Å²) in [5.41, 5.74) is 5.79. The van der Waals surface area contributed by atoms with Crippen LogP contribution >= 0.6 is 0 Å². The summed E-state index contributed by atoms with van der Waals surface area (Å²) in [7, 11) is 0. The molecule has 0 bridgehead atoms. The quantitative estimate of drug-likeness (QED) is 0.104. The second kappa shape index (κ2) is 12.6. The van der Waals surface area contributed by atoms with Gasteiger partial charge in [0, 0.05) is 22.7 Å². The number of hydrogen-bond donors (Lipinski definition) is 4. The van der Waals surface area contributed by atoms with Crippen molar-refractivity contribution in [3.05, 3.63) is 78.2 Å². The molecule has 39 heavy (non-hydrogen) atoms. The molecule has 0 unspecified atom stereocenters. The van der Waals surface area contributed by atoms with Crippen LogP contribution in [0.3, 0.4) is 0 Å². The van der Waals surface area contributed by atoms with Crippen LogP contribution < -0.4 is 10.8 Å². The number of carbonyl (C=O) groups is 2. The monoisotopic (exact) mass is 525 g/mol. The highest BCUT2D eigenvalue weighted by Crippen LogP contribution is 2.27. The average Bonchev–Trinajstić information content (AvgIpc) is 3.59. The number of nitrogens with zero attached hydrogens (tertiary/aromatic N) is 1. The van der Waals surface area contributed by atoms with Crippen molar-refractivity contribution in [2.75, 3.05) is 6.61 Å². The molecule has 0 aliphatic heterocycles. The van der Waals surface area contributed by atoms with Gasteiger partial charge in [0.1, 0.15) is 11.5 Å². The van der Waals surface area contributed by atoms with Gasteiger partial charge in [-0.2, -0.15) is 0 Å². The van der Waals surface area contributed by atoms with E-state index in [0.717, 1.165) is 70.6 Å². The number of unbranched alkanes of at least 4 members (excludes halogenated alkanes) is 3. The fraction of sp³-hybridized carbons (Fsp3) is 0.323. The minimum absolute atomic E-state index is 0.0982. The van der Waals surface area contributed by atoms with Crippen LogP contribution in [0.1, 0.15) is 74.2 Å². The maximum absolute atomic E-state index is 13.3. The molecule has 4 N–H and O–H groups in total. The molecule has 1 atom stereocenters. The minimum atomic E-state index is -0.304. The molecule has 0 fully saturated rings. The smallest absolute Gasteiger partial charge is 0.268 e. The summed E-state index contributed by atoms with van der Waals surface area (Å²) in [6, 6.07) is 21.7. The fourth-order valence-corrected chi connectivity index (χ4v) is 4.85. The first kappa shape index (κ1) is 26.4. The first-order chi connectivity index (χ1) is 19.1. The summed E-state index contributed by atoms with van der Waals surface area (Å²) in [5.74, 6) is 0.455. The summed E-state index contributed by atoms with van der Waals surface area (Å²) in [4.78, 5) is 42.1. The number of fused-ring (bicyclic) bond motifs is 4. The molecule has 8 heteroatoms. The van der Waals surface area contributed by atoms with Crippen LogP contribution in [0.2, 0.25) is 0 Å². The summed E-state index contributed by atoms with van der Waals surface area (Å²) in [6.07, 6.45) is 5.48. The maximum Gasteiger partial charge on any atom is 0.268 e. The number of hydroxylamine groups is 1. The van der Waals surface area contributed by atoms with Crippen LogP contribution in [0.15, 0.2) is 66.7 Å². The van der Waals surface area contributed by atoms with Crippen molar-refractivity contribution >= 4 is 44.5 Å². The molecule has 5 aromatic rings. The molecule has 5 rings (SSSR count). The number of aromatic nitrogens is 3. The Labute approximate surface area is 227 Å². The Kier molecular flexibility index (Phi) is 8.53. The number of carbonyl (C=O) groups excluding carboxylic acids is 2. The maximum atomic E-state index is 13.3. The summed E-state index contributed by atoms with van der Waals surface area (Å²) < 4.78 is 0. The van der Waals surface area contributed by atoms with Gasteiger partial charge in [-0.15, -0.1) is 0 Å². The largest absolute Gasteiger partial charge is 0.351 e. The average molecular weight is 526 g/mol. The van der Waals surface area contributed by atoms with Crippen LogP contribution in [0.25, 0.3) is 32.7 Å². The third-order valence-corrected chi connectivity index (χ3v) is 6.99. The van der Waals surface area contributed by atoms with E-state index in [4.69, 9.17) is 9.82 Å². The molecule has 0 saturated carbocycles. The van der Waals surface area contributed by atoms with E-state index >= 15 is 0 Å². The van der Waals surface area contributed by atoms with Crippen LogP contribution in [-0.2, 0) is 9.63 Å². The predicted octanol–water partition coefficient (Wildman–Crippen LogP) is 6.47. The second-order valence-electron chi connectivity index (χ2n) is 9.93. The Morgan fingerprint density at radius 1 is 0.897 bits per heavy atom. The fourth-order valence-electron chi connectivity index (χ4n) is 4.85. The van der Waals surface area contributed by atoms with Gasteiger partial charge in [-0.3, -0.25) is 14.4 Å². The highest BCUT2D eigenvalue weighted by atomic mass is 16.6. The van der Waals surface area contributed by atoms with Crippen molar-refractivity contribution in [3.63, 3.8) is 0 Å². The van der Waals surface area contributed by atoms with Gasteiger partial charge in [-0.25, -0.2) is 10.5 Å². The number of amides is 2. The number of aromatic amines is 2. The number of benzene rings is 3. The lowest BCUT2D eigenvalue weighted by Gasteiger charge is -2.16. The van der Waals surface area contributed by atoms with Crippen LogP contribution in [0.4, 0.5) is 0 Å². The van der Waals surface area contributed by atoms with Crippen LogP contribution in [0.5, 0.6) is 0 Å². The van der Waals surface area contributed by atoms with Gasteiger partial charge in [-0.05, 0) is 42.8 Å². The third-order valence-electron chi connectivity index (χ3n) is 6.99. The molecule has 0 aliphatic rings. The predicted molar refractivity (Wildman–Crippen MR) is 154 cm³/mol. The van der Waals surface area contributed by atoms with Crippen LogP contribution in [-0.4, -0.2) is 33.4 Å². The lowest BCUT2D eigenvalue weighted by Crippen LogP contribution is -2.29. The second-order valence-corrected chi connectivity index (χ2v) is 9.93. The number of H-pyrrole nitrogens is 2. The van der Waals surface area contributed by atoms with Gasteiger partial charge in [0.25, 0.3) is 5.91 Å². The third kappa shape index (κ3) is 6.46. The number of imidazole rings is 1. The molecule has 3 aromatic carbocycles. The SMILES string of the molecule is CCCCONC(=O)CCCCC[C@H](NC(=O)c1cc2ccccc2[nH]1)c1nc2c(ccc3ccccc32)[nH]1. The highest BCUT2D eigenvalue weighted by Gasteiger charge is 2.21. The molecule has 2 heterocycles. The van der Waals surface area contributed by atoms with E-state index in [1.165, 1.54) is 0 Å². The molecular weight excluding hydrogens is 490 g/mol. The standard InChI is InChI=1S/C31H35N5O3/c1-2-3-19-39-36-28(37)16-6-4-5-15-26(34-31(38)27-20-22-12-8-10-14-24(22)32-27)30-33-25-18-17-21-11-7-9-13-23(21)29(25)35-30/h7-14,17-18,20,26,32H,2-6,15-16,19H2,1H3,(H,33,35)(H,34,38)(H,36,37)/t26-/m0/s1. The molecule has 0 spiro atoms. The lowest BCUT2D eigenvalue weighted by atomic mass is 10.1. The molecule has 202 valence electrons. The molecule has 8 nitrogen and oxygen atoms in total. The van der Waals surface area contributed by atoms with E-state index in [1.807, 2.05) is 48.5 Å². The number of para-hydroxylation sites is 1. The van der Waals surface area contributed by atoms with E-state index < -0.39 is 0 Å². The highest BCUT2D eigenvalue weighted by molar-refractivity contribution is 6.04. The zero-order valence-corrected chi connectivity index (χ0v) is 22.3. The molecule has 2 amide bonds. The number of nitrogens with one attached hydrogen (secondary N) is 4. The Morgan fingerprint density at radius 2 is 1.72 bits per heavy atom. The molecule has 0 aliphatic carbocycles. The van der Waals surface area contributed by atoms with Crippen molar-refractivity contribution in [2.24, 2.45) is 0 Å². The van der Waals surface area contributed by atoms with Crippen LogP contribution in [0, 0.1) is 0 Å². The molecule has 0 radical (unpaired) electrons. The topological polar surface area (TPSA) is 112 Å². The van der Waals surface area contributed by atoms with Crippen molar-refractivity contribution < 1.29 is 14.4 Å². The minimum Gasteiger partial charge on any atom is -0.351 e. The van der Waals surface area contributed by atoms with E-state index in [9.17, 15) is 9.59 Å². The summed E-state index contributed by atoms with van der Waals surface area (Å²) in [5, 5.41) is 6.39. The van der Waals surface area contributed by atoms with E-state index in [0.29, 0.717) is 25.1 Å². The van der Waals surface area contributed by atoms with Crippen molar-refractivity contribution in [3.8, 4) is 0 Å². The van der Waals surface area contributed by atoms with Gasteiger partial charge in [0.05, 0.1) is 23.7 Å². The summed E-state index contributed by atoms with van der Waals surface area (Å²) in [6.45, 7) is 2.61. The molecular formula is C31H35N5O3. The van der Waals surface area contributed by atoms with Crippen molar-refractivity contribution in [1.82, 2.24) is 25.7 Å². The van der Waals surface area contributed by atoms with Crippen molar-refractivity contribution in [2.45, 2.75) is 57.9 Å². The Bertz CT molecular complexity index is 1540. The lowest BCUT2D eigenvalue weighted by molar-refractivity contribution is -0.133. The van der Waals surface area contributed by atoms with Gasteiger partial charge in [-0.1, -0.05) is 74.7 Å². The first-order valence-electron chi connectivity index (χ1n) is 13.8. The zero-order valence-electron chi connectivity index (χ0n) is 22.3. The Hall–Kier alpha value is -4.17. The number of hydrogen-bond acceptors (Lipinski definition) is 4. The Balaban J connectivity index is 1.28. The first-order valence-corrected chi connectivity index (χ1v) is 13.8. The molecule has 2 aromatic heterocycles.